The number of nitrogens with one attached hydrogen (secondary N) is 2. The number of benzene rings is 1. The van der Waals surface area contributed by atoms with Crippen molar-refractivity contribution in [2.75, 3.05) is 12.4 Å². The largest absolute Gasteiger partial charge is 0.359 e. The minimum atomic E-state index is 0.756. The van der Waals surface area contributed by atoms with E-state index in [1.807, 2.05) is 7.05 Å². The SMILES string of the molecule is CNc1nc2c(C3CC3)cccc2[nH]1. The number of imidazole rings is 1. The Kier molecular flexibility index (Phi) is 1.54. The van der Waals surface area contributed by atoms with Crippen LogP contribution < -0.4 is 5.32 Å². The maximum Gasteiger partial charge on any atom is 0.200 e. The molecule has 0 bridgehead atoms. The average Bonchev–Trinajstić information content (AvgIpc) is 2.96. The molecule has 72 valence electrons. The Morgan fingerprint density at radius 1 is 1.43 bits per heavy atom. The third-order valence-corrected chi connectivity index (χ3v) is 2.80. The summed E-state index contributed by atoms with van der Waals surface area (Å²) in [6.07, 6.45) is 2.64. The van der Waals surface area contributed by atoms with Gasteiger partial charge >= 0.3 is 0 Å². The zero-order chi connectivity index (χ0) is 9.54. The Hall–Kier alpha value is -1.51. The lowest BCUT2D eigenvalue weighted by Crippen LogP contribution is -1.88. The van der Waals surface area contributed by atoms with Crippen LogP contribution in [0.1, 0.15) is 24.3 Å². The molecule has 1 heterocycles. The number of aromatic nitrogens is 2. The van der Waals surface area contributed by atoms with Gasteiger partial charge in [0, 0.05) is 7.05 Å². The minimum Gasteiger partial charge on any atom is -0.359 e. The van der Waals surface area contributed by atoms with Crippen LogP contribution in [-0.2, 0) is 0 Å². The predicted molar refractivity (Wildman–Crippen MR) is 57.6 cm³/mol. The van der Waals surface area contributed by atoms with Gasteiger partial charge in [-0.2, -0.15) is 0 Å². The fourth-order valence-electron chi connectivity index (χ4n) is 1.90. The summed E-state index contributed by atoms with van der Waals surface area (Å²) in [6.45, 7) is 0. The Morgan fingerprint density at radius 3 is 3.00 bits per heavy atom. The van der Waals surface area contributed by atoms with Gasteiger partial charge in [-0.05, 0) is 30.4 Å². The van der Waals surface area contributed by atoms with Crippen molar-refractivity contribution in [3.8, 4) is 0 Å². The first kappa shape index (κ1) is 7.85. The van der Waals surface area contributed by atoms with Gasteiger partial charge in [0.2, 0.25) is 5.95 Å². The lowest BCUT2D eigenvalue weighted by Gasteiger charge is -1.97. The van der Waals surface area contributed by atoms with Crippen LogP contribution in [0.5, 0.6) is 0 Å². The van der Waals surface area contributed by atoms with E-state index in [9.17, 15) is 0 Å². The quantitative estimate of drug-likeness (QED) is 0.758. The molecule has 3 rings (SSSR count). The number of fused-ring (bicyclic) bond motifs is 1. The molecular formula is C11H13N3. The van der Waals surface area contributed by atoms with E-state index < -0.39 is 0 Å². The van der Waals surface area contributed by atoms with E-state index in [0.29, 0.717) is 0 Å². The molecule has 1 saturated carbocycles. The van der Waals surface area contributed by atoms with Crippen molar-refractivity contribution in [1.29, 1.82) is 0 Å². The molecule has 0 amide bonds. The van der Waals surface area contributed by atoms with Gasteiger partial charge in [0.05, 0.1) is 11.0 Å². The summed E-state index contributed by atoms with van der Waals surface area (Å²) < 4.78 is 0. The van der Waals surface area contributed by atoms with Crippen molar-refractivity contribution in [2.45, 2.75) is 18.8 Å². The Labute approximate surface area is 82.5 Å². The third kappa shape index (κ3) is 1.09. The molecule has 1 aromatic carbocycles. The molecule has 1 aromatic heterocycles. The number of rotatable bonds is 2. The second kappa shape index (κ2) is 2.74. The second-order valence-corrected chi connectivity index (χ2v) is 3.85. The van der Waals surface area contributed by atoms with Crippen molar-refractivity contribution in [3.05, 3.63) is 23.8 Å². The molecule has 0 aliphatic heterocycles. The van der Waals surface area contributed by atoms with E-state index in [1.165, 1.54) is 18.4 Å². The Bertz CT molecular complexity index is 468. The summed E-state index contributed by atoms with van der Waals surface area (Å²) in [5, 5.41) is 3.04. The van der Waals surface area contributed by atoms with Crippen LogP contribution in [0.2, 0.25) is 0 Å². The van der Waals surface area contributed by atoms with Crippen LogP contribution in [0.4, 0.5) is 5.95 Å². The number of aromatic amines is 1. The van der Waals surface area contributed by atoms with Gasteiger partial charge in [-0.1, -0.05) is 12.1 Å². The van der Waals surface area contributed by atoms with Gasteiger partial charge in [-0.15, -0.1) is 0 Å². The van der Waals surface area contributed by atoms with Crippen molar-refractivity contribution in [2.24, 2.45) is 0 Å². The number of nitrogens with zero attached hydrogens (tertiary/aromatic N) is 1. The maximum absolute atomic E-state index is 4.53. The van der Waals surface area contributed by atoms with Gasteiger partial charge in [0.1, 0.15) is 0 Å². The smallest absolute Gasteiger partial charge is 0.200 e. The summed E-state index contributed by atoms with van der Waals surface area (Å²) in [5.41, 5.74) is 3.68. The summed E-state index contributed by atoms with van der Waals surface area (Å²) in [4.78, 5) is 7.77. The van der Waals surface area contributed by atoms with Gasteiger partial charge < -0.3 is 10.3 Å². The normalized spacial score (nSPS) is 16.1. The van der Waals surface area contributed by atoms with Gasteiger partial charge in [-0.3, -0.25) is 0 Å². The molecule has 14 heavy (non-hydrogen) atoms. The molecule has 2 aromatic rings. The average molecular weight is 187 g/mol. The highest BCUT2D eigenvalue weighted by Gasteiger charge is 2.26. The van der Waals surface area contributed by atoms with E-state index in [-0.39, 0.29) is 0 Å². The highest BCUT2D eigenvalue weighted by molar-refractivity contribution is 5.81. The van der Waals surface area contributed by atoms with Crippen LogP contribution in [0.15, 0.2) is 18.2 Å². The molecule has 0 saturated heterocycles. The minimum absolute atomic E-state index is 0.756. The zero-order valence-corrected chi connectivity index (χ0v) is 8.17. The van der Waals surface area contributed by atoms with Crippen LogP contribution >= 0.6 is 0 Å². The van der Waals surface area contributed by atoms with Crippen LogP contribution in [0, 0.1) is 0 Å². The first-order valence-electron chi connectivity index (χ1n) is 5.05. The molecule has 1 aliphatic carbocycles. The molecule has 2 N–H and O–H groups in total. The van der Waals surface area contributed by atoms with Crippen LogP contribution in [0.3, 0.4) is 0 Å². The third-order valence-electron chi connectivity index (χ3n) is 2.80. The Balaban J connectivity index is 2.23. The molecule has 0 spiro atoms. The lowest BCUT2D eigenvalue weighted by atomic mass is 10.1. The highest BCUT2D eigenvalue weighted by Crippen LogP contribution is 2.42. The standard InChI is InChI=1S/C11H13N3/c1-12-11-13-9-4-2-3-8(7-5-6-7)10(9)14-11/h2-4,7H,5-6H2,1H3,(H2,12,13,14). The maximum atomic E-state index is 4.53. The van der Waals surface area contributed by atoms with Gasteiger partial charge in [0.15, 0.2) is 0 Å². The summed E-state index contributed by atoms with van der Waals surface area (Å²) in [5.74, 6) is 1.61. The first-order chi connectivity index (χ1) is 6.88. The Morgan fingerprint density at radius 2 is 2.29 bits per heavy atom. The van der Waals surface area contributed by atoms with Gasteiger partial charge in [0.25, 0.3) is 0 Å². The molecule has 3 heteroatoms. The van der Waals surface area contributed by atoms with Gasteiger partial charge in [-0.25, -0.2) is 4.98 Å². The molecule has 1 fully saturated rings. The number of hydrogen-bond donors (Lipinski definition) is 2. The van der Waals surface area contributed by atoms with Crippen LogP contribution in [0.25, 0.3) is 11.0 Å². The number of para-hydroxylation sites is 1. The van der Waals surface area contributed by atoms with E-state index in [1.54, 1.807) is 0 Å². The van der Waals surface area contributed by atoms with Crippen molar-refractivity contribution >= 4 is 17.0 Å². The number of hydrogen-bond acceptors (Lipinski definition) is 2. The first-order valence-corrected chi connectivity index (χ1v) is 5.05. The van der Waals surface area contributed by atoms with E-state index in [0.717, 1.165) is 22.9 Å². The van der Waals surface area contributed by atoms with Crippen LogP contribution in [-0.4, -0.2) is 17.0 Å². The molecule has 0 radical (unpaired) electrons. The molecule has 1 aliphatic rings. The van der Waals surface area contributed by atoms with Crippen molar-refractivity contribution in [1.82, 2.24) is 9.97 Å². The van der Waals surface area contributed by atoms with E-state index >= 15 is 0 Å². The zero-order valence-electron chi connectivity index (χ0n) is 8.17. The molecule has 0 unspecified atom stereocenters. The highest BCUT2D eigenvalue weighted by atomic mass is 15.1. The molecule has 3 nitrogen and oxygen atoms in total. The summed E-state index contributed by atoms with van der Waals surface area (Å²) in [7, 11) is 1.88. The number of H-pyrrole nitrogens is 1. The predicted octanol–water partition coefficient (Wildman–Crippen LogP) is 2.48. The fraction of sp³-hybridized carbons (Fsp3) is 0.364. The topological polar surface area (TPSA) is 40.7 Å². The second-order valence-electron chi connectivity index (χ2n) is 3.85. The van der Waals surface area contributed by atoms with Crippen molar-refractivity contribution < 1.29 is 0 Å². The molecule has 0 atom stereocenters. The van der Waals surface area contributed by atoms with Crippen molar-refractivity contribution in [3.63, 3.8) is 0 Å². The summed E-state index contributed by atoms with van der Waals surface area (Å²) >= 11 is 0. The number of anilines is 1. The van der Waals surface area contributed by atoms with E-state index in [2.05, 4.69) is 33.5 Å². The summed E-state index contributed by atoms with van der Waals surface area (Å²) in [6, 6.07) is 6.38. The monoisotopic (exact) mass is 187 g/mol. The lowest BCUT2D eigenvalue weighted by molar-refractivity contribution is 1.14. The van der Waals surface area contributed by atoms with E-state index in [4.69, 9.17) is 0 Å². The fourth-order valence-corrected chi connectivity index (χ4v) is 1.90. The molecular weight excluding hydrogens is 174 g/mol.